The molecular formula is C17H20N4O2S2. The molecule has 1 aromatic heterocycles. The van der Waals surface area contributed by atoms with Crippen LogP contribution in [0.4, 0.5) is 10.8 Å². The summed E-state index contributed by atoms with van der Waals surface area (Å²) >= 11 is 2.69. The molecule has 1 heterocycles. The van der Waals surface area contributed by atoms with Gasteiger partial charge >= 0.3 is 0 Å². The number of amides is 2. The van der Waals surface area contributed by atoms with Crippen LogP contribution in [0.5, 0.6) is 0 Å². The molecule has 3 rings (SSSR count). The fourth-order valence-electron chi connectivity index (χ4n) is 2.39. The summed E-state index contributed by atoms with van der Waals surface area (Å²) in [6, 6.07) is 8.09. The zero-order chi connectivity index (χ0) is 17.8. The highest BCUT2D eigenvalue weighted by molar-refractivity contribution is 8.01. The van der Waals surface area contributed by atoms with Gasteiger partial charge in [-0.15, -0.1) is 10.2 Å². The maximum atomic E-state index is 12.1. The second-order valence-electron chi connectivity index (χ2n) is 5.86. The van der Waals surface area contributed by atoms with Gasteiger partial charge in [-0.05, 0) is 37.0 Å². The number of nitrogens with zero attached hydrogens (tertiary/aromatic N) is 3. The number of hydrogen-bond acceptors (Lipinski definition) is 6. The molecule has 8 heteroatoms. The summed E-state index contributed by atoms with van der Waals surface area (Å²) in [6.45, 7) is 3.64. The lowest BCUT2D eigenvalue weighted by atomic mass is 10.1. The van der Waals surface area contributed by atoms with E-state index in [2.05, 4.69) is 22.4 Å². The predicted molar refractivity (Wildman–Crippen MR) is 101 cm³/mol. The molecule has 1 aliphatic rings. The van der Waals surface area contributed by atoms with Crippen molar-refractivity contribution in [3.8, 4) is 0 Å². The van der Waals surface area contributed by atoms with Crippen molar-refractivity contribution < 1.29 is 9.59 Å². The SMILES string of the molecule is CCc1ccc(NC(=O)CSc2nnc(N(C(C)=O)C3CC3)s2)cc1. The van der Waals surface area contributed by atoms with Crippen molar-refractivity contribution in [2.45, 2.75) is 43.5 Å². The van der Waals surface area contributed by atoms with E-state index in [0.717, 1.165) is 24.9 Å². The van der Waals surface area contributed by atoms with Gasteiger partial charge < -0.3 is 5.32 Å². The molecule has 1 aliphatic carbocycles. The molecule has 132 valence electrons. The quantitative estimate of drug-likeness (QED) is 0.592. The first-order valence-electron chi connectivity index (χ1n) is 8.21. The maximum absolute atomic E-state index is 12.1. The van der Waals surface area contributed by atoms with Gasteiger partial charge in [0, 0.05) is 18.7 Å². The number of benzene rings is 1. The molecule has 0 aliphatic heterocycles. The summed E-state index contributed by atoms with van der Waals surface area (Å²) in [4.78, 5) is 25.5. The molecule has 25 heavy (non-hydrogen) atoms. The molecule has 0 saturated heterocycles. The topological polar surface area (TPSA) is 75.2 Å². The number of aromatic nitrogens is 2. The van der Waals surface area contributed by atoms with Gasteiger partial charge in [0.05, 0.1) is 5.75 Å². The van der Waals surface area contributed by atoms with Crippen molar-refractivity contribution in [2.75, 3.05) is 16.0 Å². The lowest BCUT2D eigenvalue weighted by Crippen LogP contribution is -2.30. The Morgan fingerprint density at radius 2 is 2.00 bits per heavy atom. The monoisotopic (exact) mass is 376 g/mol. The Kier molecular flexibility index (Phi) is 5.70. The minimum atomic E-state index is -0.0865. The molecule has 1 aromatic carbocycles. The number of carbonyl (C=O) groups excluding carboxylic acids is 2. The van der Waals surface area contributed by atoms with Gasteiger partial charge in [0.25, 0.3) is 0 Å². The Bertz CT molecular complexity index is 756. The molecule has 2 aromatic rings. The van der Waals surface area contributed by atoms with Crippen LogP contribution in [0.3, 0.4) is 0 Å². The summed E-state index contributed by atoms with van der Waals surface area (Å²) in [5, 5.41) is 11.7. The summed E-state index contributed by atoms with van der Waals surface area (Å²) < 4.78 is 0.693. The summed E-state index contributed by atoms with van der Waals surface area (Å²) in [6.07, 6.45) is 3.00. The van der Waals surface area contributed by atoms with Crippen LogP contribution in [0.2, 0.25) is 0 Å². The van der Waals surface area contributed by atoms with Crippen molar-refractivity contribution in [3.63, 3.8) is 0 Å². The average molecular weight is 377 g/mol. The fourth-order valence-corrected chi connectivity index (χ4v) is 4.14. The van der Waals surface area contributed by atoms with E-state index in [1.807, 2.05) is 24.3 Å². The zero-order valence-corrected chi connectivity index (χ0v) is 15.8. The Hall–Kier alpha value is -1.93. The fraction of sp³-hybridized carbons (Fsp3) is 0.412. The largest absolute Gasteiger partial charge is 0.325 e. The molecule has 6 nitrogen and oxygen atoms in total. The van der Waals surface area contributed by atoms with Crippen LogP contribution in [-0.4, -0.2) is 33.8 Å². The smallest absolute Gasteiger partial charge is 0.234 e. The normalized spacial score (nSPS) is 13.5. The van der Waals surface area contributed by atoms with Crippen LogP contribution < -0.4 is 10.2 Å². The highest BCUT2D eigenvalue weighted by Gasteiger charge is 2.34. The highest BCUT2D eigenvalue weighted by Crippen LogP contribution is 2.35. The highest BCUT2D eigenvalue weighted by atomic mass is 32.2. The van der Waals surface area contributed by atoms with Crippen LogP contribution in [0.15, 0.2) is 28.6 Å². The molecule has 0 atom stereocenters. The molecular weight excluding hydrogens is 356 g/mol. The second-order valence-corrected chi connectivity index (χ2v) is 8.04. The Balaban J connectivity index is 1.52. The first-order chi connectivity index (χ1) is 12.1. The minimum absolute atomic E-state index is 0.0107. The molecule has 0 spiro atoms. The number of rotatable bonds is 7. The molecule has 1 N–H and O–H groups in total. The maximum Gasteiger partial charge on any atom is 0.234 e. The van der Waals surface area contributed by atoms with Crippen LogP contribution in [0, 0.1) is 0 Å². The standard InChI is InChI=1S/C17H20N4O2S2/c1-3-12-4-6-13(7-5-12)18-15(23)10-24-17-20-19-16(25-17)21(11(2)22)14-8-9-14/h4-7,14H,3,8-10H2,1-2H3,(H,18,23). The lowest BCUT2D eigenvalue weighted by Gasteiger charge is -2.15. The van der Waals surface area contributed by atoms with E-state index in [1.54, 1.807) is 11.8 Å². The van der Waals surface area contributed by atoms with E-state index in [0.29, 0.717) is 9.47 Å². The van der Waals surface area contributed by atoms with Crippen LogP contribution in [0.1, 0.15) is 32.3 Å². The number of hydrogen-bond donors (Lipinski definition) is 1. The van der Waals surface area contributed by atoms with Gasteiger partial charge in [-0.3, -0.25) is 14.5 Å². The van der Waals surface area contributed by atoms with Crippen molar-refractivity contribution in [1.29, 1.82) is 0 Å². The van der Waals surface area contributed by atoms with Gasteiger partial charge in [-0.25, -0.2) is 0 Å². The second kappa shape index (κ2) is 7.97. The third-order valence-corrected chi connectivity index (χ3v) is 5.88. The van der Waals surface area contributed by atoms with Crippen molar-refractivity contribution in [3.05, 3.63) is 29.8 Å². The van der Waals surface area contributed by atoms with Gasteiger partial charge in [-0.2, -0.15) is 0 Å². The van der Waals surface area contributed by atoms with E-state index >= 15 is 0 Å². The molecule has 0 radical (unpaired) electrons. The number of thioether (sulfide) groups is 1. The van der Waals surface area contributed by atoms with Crippen molar-refractivity contribution >= 4 is 45.7 Å². The number of nitrogens with one attached hydrogen (secondary N) is 1. The lowest BCUT2D eigenvalue weighted by molar-refractivity contribution is -0.116. The molecule has 0 unspecified atom stereocenters. The third kappa shape index (κ3) is 4.79. The van der Waals surface area contributed by atoms with Crippen LogP contribution >= 0.6 is 23.1 Å². The predicted octanol–water partition coefficient (Wildman–Crippen LogP) is 3.35. The van der Waals surface area contributed by atoms with E-state index in [9.17, 15) is 9.59 Å². The minimum Gasteiger partial charge on any atom is -0.325 e. The number of aryl methyl sites for hydroxylation is 1. The zero-order valence-electron chi connectivity index (χ0n) is 14.2. The van der Waals surface area contributed by atoms with Gasteiger partial charge in [0.15, 0.2) is 4.34 Å². The summed E-state index contributed by atoms with van der Waals surface area (Å²) in [7, 11) is 0. The Morgan fingerprint density at radius 1 is 1.28 bits per heavy atom. The third-order valence-electron chi connectivity index (χ3n) is 3.83. The van der Waals surface area contributed by atoms with Gasteiger partial charge in [0.2, 0.25) is 16.9 Å². The first-order valence-corrected chi connectivity index (χ1v) is 10.0. The summed E-state index contributed by atoms with van der Waals surface area (Å²) in [5.74, 6) is 0.160. The summed E-state index contributed by atoms with van der Waals surface area (Å²) in [5.41, 5.74) is 2.02. The Labute approximate surface area is 155 Å². The van der Waals surface area contributed by atoms with E-state index in [4.69, 9.17) is 0 Å². The van der Waals surface area contributed by atoms with Crippen LogP contribution in [0.25, 0.3) is 0 Å². The number of carbonyl (C=O) groups is 2. The number of anilines is 2. The van der Waals surface area contributed by atoms with Crippen molar-refractivity contribution in [1.82, 2.24) is 10.2 Å². The van der Waals surface area contributed by atoms with Gasteiger partial charge in [0.1, 0.15) is 0 Å². The molecule has 2 amide bonds. The van der Waals surface area contributed by atoms with E-state index in [1.165, 1.54) is 28.7 Å². The molecule has 1 fully saturated rings. The molecule has 1 saturated carbocycles. The van der Waals surface area contributed by atoms with Crippen LogP contribution in [-0.2, 0) is 16.0 Å². The average Bonchev–Trinajstić information content (AvgIpc) is 3.31. The van der Waals surface area contributed by atoms with E-state index in [-0.39, 0.29) is 23.6 Å². The Morgan fingerprint density at radius 3 is 2.60 bits per heavy atom. The first kappa shape index (κ1) is 17.9. The van der Waals surface area contributed by atoms with Gasteiger partial charge in [-0.1, -0.05) is 42.2 Å². The molecule has 0 bridgehead atoms. The van der Waals surface area contributed by atoms with E-state index < -0.39 is 0 Å². The van der Waals surface area contributed by atoms with Crippen molar-refractivity contribution in [2.24, 2.45) is 0 Å².